The van der Waals surface area contributed by atoms with E-state index in [1.807, 2.05) is 6.07 Å². The number of tetrazole rings is 1. The molecule has 2 rings (SSSR count). The summed E-state index contributed by atoms with van der Waals surface area (Å²) >= 11 is 0. The normalized spacial score (nSPS) is 9.87. The summed E-state index contributed by atoms with van der Waals surface area (Å²) < 4.78 is 0. The van der Waals surface area contributed by atoms with E-state index in [1.54, 1.807) is 24.3 Å². The third kappa shape index (κ3) is 1.75. The molecule has 0 atom stereocenters. The van der Waals surface area contributed by atoms with Crippen molar-refractivity contribution in [2.75, 3.05) is 5.01 Å². The standard InChI is InChI=1S/C8H8N6O/c9-8(15)14(13-6-10-11-12-13)7-4-2-1-3-5-7/h1-6H,(H2,9,15). The molecule has 2 amide bonds. The monoisotopic (exact) mass is 204 g/mol. The molecule has 2 aromatic rings. The van der Waals surface area contributed by atoms with Gasteiger partial charge in [-0.1, -0.05) is 18.2 Å². The molecule has 0 aliphatic heterocycles. The fourth-order valence-electron chi connectivity index (χ4n) is 1.16. The Balaban J connectivity index is 2.42. The van der Waals surface area contributed by atoms with Crippen LogP contribution in [0.1, 0.15) is 0 Å². The summed E-state index contributed by atoms with van der Waals surface area (Å²) in [5, 5.41) is 11.6. The van der Waals surface area contributed by atoms with Gasteiger partial charge in [0.05, 0.1) is 5.69 Å². The van der Waals surface area contributed by atoms with Crippen molar-refractivity contribution < 1.29 is 4.79 Å². The number of carbonyl (C=O) groups is 1. The van der Waals surface area contributed by atoms with Crippen LogP contribution in [0.5, 0.6) is 0 Å². The first kappa shape index (κ1) is 9.13. The number of amides is 2. The highest BCUT2D eigenvalue weighted by Gasteiger charge is 2.14. The molecule has 2 N–H and O–H groups in total. The summed E-state index contributed by atoms with van der Waals surface area (Å²) in [6.07, 6.45) is 1.29. The highest BCUT2D eigenvalue weighted by atomic mass is 16.2. The fourth-order valence-corrected chi connectivity index (χ4v) is 1.16. The Hall–Kier alpha value is -2.44. The molecule has 76 valence electrons. The molecule has 0 radical (unpaired) electrons. The zero-order chi connectivity index (χ0) is 10.7. The third-order valence-corrected chi connectivity index (χ3v) is 1.75. The molecule has 0 fully saturated rings. The maximum Gasteiger partial charge on any atom is 0.340 e. The molecule has 0 aliphatic carbocycles. The molecule has 7 heteroatoms. The zero-order valence-corrected chi connectivity index (χ0v) is 7.69. The van der Waals surface area contributed by atoms with Gasteiger partial charge < -0.3 is 5.73 Å². The lowest BCUT2D eigenvalue weighted by atomic mass is 10.3. The maximum atomic E-state index is 11.2. The minimum Gasteiger partial charge on any atom is -0.350 e. The summed E-state index contributed by atoms with van der Waals surface area (Å²) in [5.74, 6) is 0. The van der Waals surface area contributed by atoms with E-state index in [9.17, 15) is 4.79 Å². The number of anilines is 1. The van der Waals surface area contributed by atoms with Crippen LogP contribution in [0.15, 0.2) is 36.7 Å². The lowest BCUT2D eigenvalue weighted by molar-refractivity contribution is 0.250. The van der Waals surface area contributed by atoms with Crippen LogP contribution in [0.3, 0.4) is 0 Å². The van der Waals surface area contributed by atoms with Crippen LogP contribution in [0.2, 0.25) is 0 Å². The van der Waals surface area contributed by atoms with Crippen molar-refractivity contribution in [2.45, 2.75) is 0 Å². The predicted octanol–water partition coefficient (Wildman–Crippen LogP) is 0.0215. The predicted molar refractivity (Wildman–Crippen MR) is 51.7 cm³/mol. The van der Waals surface area contributed by atoms with Crippen LogP contribution < -0.4 is 10.7 Å². The number of carbonyl (C=O) groups excluding carboxylic acids is 1. The van der Waals surface area contributed by atoms with Gasteiger partial charge in [0.1, 0.15) is 0 Å². The number of benzene rings is 1. The molecule has 1 aromatic heterocycles. The number of nitrogens with zero attached hydrogens (tertiary/aromatic N) is 5. The van der Waals surface area contributed by atoms with Crippen molar-refractivity contribution in [2.24, 2.45) is 5.73 Å². The van der Waals surface area contributed by atoms with Crippen molar-refractivity contribution in [1.82, 2.24) is 20.3 Å². The van der Waals surface area contributed by atoms with E-state index in [0.29, 0.717) is 5.69 Å². The minimum atomic E-state index is -0.659. The van der Waals surface area contributed by atoms with Gasteiger partial charge >= 0.3 is 6.03 Å². The number of rotatable bonds is 2. The van der Waals surface area contributed by atoms with Gasteiger partial charge in [-0.3, -0.25) is 0 Å². The van der Waals surface area contributed by atoms with Gasteiger partial charge in [-0.15, -0.1) is 9.89 Å². The van der Waals surface area contributed by atoms with E-state index < -0.39 is 6.03 Å². The lowest BCUT2D eigenvalue weighted by Crippen LogP contribution is -2.40. The number of nitrogens with two attached hydrogens (primary N) is 1. The van der Waals surface area contributed by atoms with Crippen LogP contribution in [0.4, 0.5) is 10.5 Å². The summed E-state index contributed by atoms with van der Waals surface area (Å²) in [7, 11) is 0. The molecule has 15 heavy (non-hydrogen) atoms. The second kappa shape index (κ2) is 3.74. The molecular formula is C8H8N6O. The maximum absolute atomic E-state index is 11.2. The molecule has 0 saturated carbocycles. The number of hydrogen-bond acceptors (Lipinski definition) is 4. The van der Waals surface area contributed by atoms with Crippen LogP contribution in [-0.2, 0) is 0 Å². The van der Waals surface area contributed by atoms with Crippen LogP contribution in [0, 0.1) is 0 Å². The van der Waals surface area contributed by atoms with E-state index in [1.165, 1.54) is 6.33 Å². The number of aromatic nitrogens is 4. The summed E-state index contributed by atoms with van der Waals surface area (Å²) in [6, 6.07) is 8.21. The third-order valence-electron chi connectivity index (χ3n) is 1.75. The molecule has 0 bridgehead atoms. The zero-order valence-electron chi connectivity index (χ0n) is 7.69. The Morgan fingerprint density at radius 1 is 1.33 bits per heavy atom. The van der Waals surface area contributed by atoms with Crippen LogP contribution >= 0.6 is 0 Å². The highest BCUT2D eigenvalue weighted by Crippen LogP contribution is 2.12. The second-order valence-corrected chi connectivity index (χ2v) is 2.72. The van der Waals surface area contributed by atoms with E-state index in [2.05, 4.69) is 15.5 Å². The van der Waals surface area contributed by atoms with Gasteiger partial charge in [-0.2, -0.15) is 5.01 Å². The van der Waals surface area contributed by atoms with Crippen LogP contribution in [-0.4, -0.2) is 26.3 Å². The van der Waals surface area contributed by atoms with E-state index in [4.69, 9.17) is 5.73 Å². The topological polar surface area (TPSA) is 89.9 Å². The molecule has 0 saturated heterocycles. The molecular weight excluding hydrogens is 196 g/mol. The van der Waals surface area contributed by atoms with Crippen LogP contribution in [0.25, 0.3) is 0 Å². The smallest absolute Gasteiger partial charge is 0.340 e. The first-order chi connectivity index (χ1) is 7.29. The minimum absolute atomic E-state index is 0.595. The van der Waals surface area contributed by atoms with Crippen molar-refractivity contribution in [3.05, 3.63) is 36.7 Å². The van der Waals surface area contributed by atoms with Gasteiger partial charge in [0.25, 0.3) is 0 Å². The second-order valence-electron chi connectivity index (χ2n) is 2.72. The number of para-hydroxylation sites is 1. The molecule has 0 aliphatic rings. The number of hydrogen-bond donors (Lipinski definition) is 1. The van der Waals surface area contributed by atoms with Crippen molar-refractivity contribution >= 4 is 11.7 Å². The Kier molecular flexibility index (Phi) is 2.28. The summed E-state index contributed by atoms with van der Waals surface area (Å²) in [5.41, 5.74) is 5.83. The Labute approximate surface area is 85.1 Å². The van der Waals surface area contributed by atoms with Gasteiger partial charge in [0.15, 0.2) is 6.33 Å². The Bertz CT molecular complexity index is 439. The molecule has 0 unspecified atom stereocenters. The molecule has 7 nitrogen and oxygen atoms in total. The van der Waals surface area contributed by atoms with E-state index in [0.717, 1.165) is 9.80 Å². The van der Waals surface area contributed by atoms with Crippen molar-refractivity contribution in [3.63, 3.8) is 0 Å². The summed E-state index contributed by atoms with van der Waals surface area (Å²) in [4.78, 5) is 12.4. The quantitative estimate of drug-likeness (QED) is 0.746. The average molecular weight is 204 g/mol. The summed E-state index contributed by atoms with van der Waals surface area (Å²) in [6.45, 7) is 0. The Morgan fingerprint density at radius 2 is 2.07 bits per heavy atom. The van der Waals surface area contributed by atoms with E-state index >= 15 is 0 Å². The van der Waals surface area contributed by atoms with Crippen molar-refractivity contribution in [3.8, 4) is 0 Å². The van der Waals surface area contributed by atoms with Gasteiger partial charge in [-0.05, 0) is 22.6 Å². The molecule has 1 aromatic carbocycles. The van der Waals surface area contributed by atoms with E-state index in [-0.39, 0.29) is 0 Å². The fraction of sp³-hybridized carbons (Fsp3) is 0. The lowest BCUT2D eigenvalue weighted by Gasteiger charge is -2.17. The molecule has 1 heterocycles. The Morgan fingerprint density at radius 3 is 2.60 bits per heavy atom. The first-order valence-electron chi connectivity index (χ1n) is 4.17. The van der Waals surface area contributed by atoms with Gasteiger partial charge in [0, 0.05) is 0 Å². The van der Waals surface area contributed by atoms with Crippen molar-refractivity contribution in [1.29, 1.82) is 0 Å². The van der Waals surface area contributed by atoms with Gasteiger partial charge in [-0.25, -0.2) is 4.79 Å². The average Bonchev–Trinajstić information content (AvgIpc) is 2.72. The van der Waals surface area contributed by atoms with Gasteiger partial charge in [0.2, 0.25) is 0 Å². The first-order valence-corrected chi connectivity index (χ1v) is 4.17. The largest absolute Gasteiger partial charge is 0.350 e. The number of urea groups is 1. The molecule has 0 spiro atoms. The SMILES string of the molecule is NC(=O)N(c1ccccc1)n1cnnn1. The highest BCUT2D eigenvalue weighted by molar-refractivity contribution is 5.89. The number of primary amides is 1.